The summed E-state index contributed by atoms with van der Waals surface area (Å²) in [5.74, 6) is 0. The molecular formula is C7H7Cl2N. The third-order valence-corrected chi connectivity index (χ3v) is 1.50. The summed E-state index contributed by atoms with van der Waals surface area (Å²) < 4.78 is 0. The van der Waals surface area contributed by atoms with Crippen molar-refractivity contribution in [2.45, 2.75) is 0 Å². The highest BCUT2D eigenvalue weighted by Gasteiger charge is 1.87. The van der Waals surface area contributed by atoms with E-state index in [4.69, 9.17) is 23.2 Å². The van der Waals surface area contributed by atoms with E-state index in [1.165, 1.54) is 0 Å². The number of nitrogens with one attached hydrogen (secondary N) is 1. The Balaban J connectivity index is 2.69. The minimum absolute atomic E-state index is 0.418. The minimum atomic E-state index is 0.418. The molecule has 0 bridgehead atoms. The summed E-state index contributed by atoms with van der Waals surface area (Å²) >= 11 is 11.1. The maximum absolute atomic E-state index is 5.65. The fraction of sp³-hybridized carbons (Fsp3) is 0.143. The van der Waals surface area contributed by atoms with Crippen molar-refractivity contribution < 1.29 is 0 Å². The number of halogens is 2. The van der Waals surface area contributed by atoms with Gasteiger partial charge in [-0.1, -0.05) is 11.6 Å². The van der Waals surface area contributed by atoms with E-state index in [0.29, 0.717) is 6.00 Å². The van der Waals surface area contributed by atoms with E-state index in [2.05, 4.69) is 5.32 Å². The van der Waals surface area contributed by atoms with Crippen LogP contribution in [-0.2, 0) is 0 Å². The molecule has 0 radical (unpaired) electrons. The molecule has 0 aliphatic heterocycles. The fourth-order valence-corrected chi connectivity index (χ4v) is 0.925. The van der Waals surface area contributed by atoms with Gasteiger partial charge in [0, 0.05) is 10.7 Å². The third-order valence-electron chi connectivity index (χ3n) is 1.12. The number of anilines is 1. The van der Waals surface area contributed by atoms with E-state index in [9.17, 15) is 0 Å². The first-order valence-corrected chi connectivity index (χ1v) is 3.79. The van der Waals surface area contributed by atoms with Gasteiger partial charge in [0.15, 0.2) is 0 Å². The summed E-state index contributed by atoms with van der Waals surface area (Å²) in [6.07, 6.45) is 0. The minimum Gasteiger partial charge on any atom is -0.372 e. The van der Waals surface area contributed by atoms with Crippen molar-refractivity contribution in [2.75, 3.05) is 11.3 Å². The van der Waals surface area contributed by atoms with Crippen LogP contribution >= 0.6 is 23.2 Å². The number of hydrogen-bond donors (Lipinski definition) is 1. The quantitative estimate of drug-likeness (QED) is 0.539. The molecule has 1 rings (SSSR count). The number of alkyl halides is 1. The molecule has 0 unspecified atom stereocenters. The van der Waals surface area contributed by atoms with Crippen LogP contribution in [0.3, 0.4) is 0 Å². The number of hydrogen-bond acceptors (Lipinski definition) is 1. The van der Waals surface area contributed by atoms with Gasteiger partial charge in [-0.2, -0.15) is 0 Å². The molecule has 0 atom stereocenters. The Kier molecular flexibility index (Phi) is 2.84. The summed E-state index contributed by atoms with van der Waals surface area (Å²) in [5.41, 5.74) is 0.986. The van der Waals surface area contributed by atoms with Crippen molar-refractivity contribution >= 4 is 28.9 Å². The molecule has 54 valence electrons. The summed E-state index contributed by atoms with van der Waals surface area (Å²) in [7, 11) is 0. The molecule has 0 saturated carbocycles. The van der Waals surface area contributed by atoms with Crippen molar-refractivity contribution in [3.63, 3.8) is 0 Å². The van der Waals surface area contributed by atoms with Gasteiger partial charge >= 0.3 is 0 Å². The molecule has 0 heterocycles. The third kappa shape index (κ3) is 2.09. The van der Waals surface area contributed by atoms with Crippen molar-refractivity contribution in [2.24, 2.45) is 0 Å². The molecule has 10 heavy (non-hydrogen) atoms. The first-order chi connectivity index (χ1) is 4.83. The lowest BCUT2D eigenvalue weighted by Crippen LogP contribution is -1.92. The zero-order valence-electron chi connectivity index (χ0n) is 5.27. The van der Waals surface area contributed by atoms with Crippen LogP contribution in [-0.4, -0.2) is 6.00 Å². The highest BCUT2D eigenvalue weighted by molar-refractivity contribution is 6.30. The van der Waals surface area contributed by atoms with Crippen LogP contribution < -0.4 is 5.32 Å². The zero-order chi connectivity index (χ0) is 7.40. The fourth-order valence-electron chi connectivity index (χ4n) is 0.645. The summed E-state index contributed by atoms with van der Waals surface area (Å²) in [6, 6.07) is 7.81. The SMILES string of the molecule is ClCNc1ccc(Cl)cc1. The Hall–Kier alpha value is -0.400. The lowest BCUT2D eigenvalue weighted by atomic mass is 10.3. The van der Waals surface area contributed by atoms with Gasteiger partial charge in [-0.3, -0.25) is 0 Å². The van der Waals surface area contributed by atoms with Crippen LogP contribution in [0.15, 0.2) is 24.3 Å². The largest absolute Gasteiger partial charge is 0.372 e. The molecule has 0 saturated heterocycles. The topological polar surface area (TPSA) is 12.0 Å². The number of rotatable bonds is 2. The highest BCUT2D eigenvalue weighted by atomic mass is 35.5. The molecule has 1 nitrogen and oxygen atoms in total. The van der Waals surface area contributed by atoms with Crippen LogP contribution in [0.1, 0.15) is 0 Å². The standard InChI is InChI=1S/C7H7Cl2N/c8-5-10-7-3-1-6(9)2-4-7/h1-4,10H,5H2. The zero-order valence-corrected chi connectivity index (χ0v) is 6.78. The van der Waals surface area contributed by atoms with E-state index < -0.39 is 0 Å². The first kappa shape index (κ1) is 7.70. The molecular weight excluding hydrogens is 169 g/mol. The van der Waals surface area contributed by atoms with Crippen LogP contribution in [0.4, 0.5) is 5.69 Å². The van der Waals surface area contributed by atoms with Gasteiger partial charge in [-0.25, -0.2) is 0 Å². The lowest BCUT2D eigenvalue weighted by molar-refractivity contribution is 1.45. The van der Waals surface area contributed by atoms with Gasteiger partial charge < -0.3 is 5.32 Å². The summed E-state index contributed by atoms with van der Waals surface area (Å²) in [5, 5.41) is 3.68. The van der Waals surface area contributed by atoms with Gasteiger partial charge in [0.2, 0.25) is 0 Å². The second-order valence-corrected chi connectivity index (χ2v) is 2.52. The van der Waals surface area contributed by atoms with Crippen LogP contribution in [0.2, 0.25) is 5.02 Å². The summed E-state index contributed by atoms with van der Waals surface area (Å²) in [4.78, 5) is 0. The summed E-state index contributed by atoms with van der Waals surface area (Å²) in [6.45, 7) is 0. The van der Waals surface area contributed by atoms with E-state index in [1.54, 1.807) is 0 Å². The second-order valence-electron chi connectivity index (χ2n) is 1.82. The second kappa shape index (κ2) is 3.69. The Morgan fingerprint density at radius 2 is 1.80 bits per heavy atom. The van der Waals surface area contributed by atoms with E-state index >= 15 is 0 Å². The van der Waals surface area contributed by atoms with Gasteiger partial charge in [-0.15, -0.1) is 11.6 Å². The van der Waals surface area contributed by atoms with E-state index in [-0.39, 0.29) is 0 Å². The molecule has 0 aromatic heterocycles. The molecule has 0 aliphatic carbocycles. The molecule has 0 amide bonds. The van der Waals surface area contributed by atoms with Crippen LogP contribution in [0.25, 0.3) is 0 Å². The Morgan fingerprint density at radius 3 is 2.30 bits per heavy atom. The van der Waals surface area contributed by atoms with Crippen molar-refractivity contribution in [3.8, 4) is 0 Å². The molecule has 0 spiro atoms. The van der Waals surface area contributed by atoms with Crippen molar-refractivity contribution in [1.29, 1.82) is 0 Å². The van der Waals surface area contributed by atoms with Gasteiger partial charge in [0.1, 0.15) is 0 Å². The molecule has 1 aromatic rings. The molecule has 1 N–H and O–H groups in total. The average molecular weight is 176 g/mol. The lowest BCUT2D eigenvalue weighted by Gasteiger charge is -1.99. The van der Waals surface area contributed by atoms with Crippen molar-refractivity contribution in [3.05, 3.63) is 29.3 Å². The Bertz CT molecular complexity index is 195. The van der Waals surface area contributed by atoms with E-state index in [0.717, 1.165) is 10.7 Å². The van der Waals surface area contributed by atoms with Crippen LogP contribution in [0, 0.1) is 0 Å². The Labute approximate surface area is 70.0 Å². The monoisotopic (exact) mass is 175 g/mol. The highest BCUT2D eigenvalue weighted by Crippen LogP contribution is 2.12. The molecule has 3 heteroatoms. The van der Waals surface area contributed by atoms with Crippen molar-refractivity contribution in [1.82, 2.24) is 0 Å². The smallest absolute Gasteiger partial charge is 0.0901 e. The predicted octanol–water partition coefficient (Wildman–Crippen LogP) is 2.95. The molecule has 0 aliphatic rings. The number of benzene rings is 1. The average Bonchev–Trinajstić information content (AvgIpc) is 1.95. The maximum atomic E-state index is 5.65. The van der Waals surface area contributed by atoms with Gasteiger partial charge in [0.05, 0.1) is 6.00 Å². The maximum Gasteiger partial charge on any atom is 0.0901 e. The first-order valence-electron chi connectivity index (χ1n) is 2.88. The van der Waals surface area contributed by atoms with Gasteiger partial charge in [0.25, 0.3) is 0 Å². The molecule has 0 fully saturated rings. The molecule has 1 aromatic carbocycles. The predicted molar refractivity (Wildman–Crippen MR) is 45.8 cm³/mol. The van der Waals surface area contributed by atoms with Gasteiger partial charge in [-0.05, 0) is 24.3 Å². The Morgan fingerprint density at radius 1 is 1.20 bits per heavy atom. The van der Waals surface area contributed by atoms with Crippen LogP contribution in [0.5, 0.6) is 0 Å². The normalized spacial score (nSPS) is 9.40. The van der Waals surface area contributed by atoms with E-state index in [1.807, 2.05) is 24.3 Å².